The number of rotatable bonds is 2. The highest BCUT2D eigenvalue weighted by atomic mass is 32.2. The first-order valence-electron chi connectivity index (χ1n) is 4.75. The molecule has 0 amide bonds. The standard InChI is InChI=1S/C11H13NS2/c1-9-7-10(14-8-9)3-4-11-12-5-2-6-13-11/h3-4,7-8H,2,5-6H2,1H3/b4-3+. The van der Waals surface area contributed by atoms with Crippen LogP contribution in [0, 0.1) is 6.92 Å². The van der Waals surface area contributed by atoms with Crippen molar-refractivity contribution in [2.24, 2.45) is 4.99 Å². The summed E-state index contributed by atoms with van der Waals surface area (Å²) in [5.74, 6) is 1.21. The Morgan fingerprint density at radius 2 is 2.36 bits per heavy atom. The normalized spacial score (nSPS) is 17.4. The fourth-order valence-electron chi connectivity index (χ4n) is 1.27. The van der Waals surface area contributed by atoms with Gasteiger partial charge in [0.15, 0.2) is 0 Å². The molecule has 0 saturated carbocycles. The van der Waals surface area contributed by atoms with Crippen LogP contribution in [0.3, 0.4) is 0 Å². The molecule has 1 aromatic heterocycles. The zero-order chi connectivity index (χ0) is 9.80. The van der Waals surface area contributed by atoms with Crippen molar-refractivity contribution in [1.29, 1.82) is 0 Å². The van der Waals surface area contributed by atoms with E-state index >= 15 is 0 Å². The second kappa shape index (κ2) is 4.80. The molecule has 0 unspecified atom stereocenters. The number of thiophene rings is 1. The van der Waals surface area contributed by atoms with Crippen LogP contribution in [0.5, 0.6) is 0 Å². The first-order chi connectivity index (χ1) is 6.84. The van der Waals surface area contributed by atoms with Crippen molar-refractivity contribution in [1.82, 2.24) is 0 Å². The van der Waals surface area contributed by atoms with Gasteiger partial charge in [-0.05, 0) is 42.5 Å². The third-order valence-electron chi connectivity index (χ3n) is 1.96. The monoisotopic (exact) mass is 223 g/mol. The first kappa shape index (κ1) is 9.99. The predicted molar refractivity (Wildman–Crippen MR) is 67.5 cm³/mol. The lowest BCUT2D eigenvalue weighted by Crippen LogP contribution is -1.99. The third kappa shape index (κ3) is 2.72. The molecule has 0 radical (unpaired) electrons. The van der Waals surface area contributed by atoms with Gasteiger partial charge in [0.25, 0.3) is 0 Å². The maximum Gasteiger partial charge on any atom is 0.0904 e. The second-order valence-electron chi connectivity index (χ2n) is 3.28. The van der Waals surface area contributed by atoms with Crippen molar-refractivity contribution in [2.45, 2.75) is 13.3 Å². The van der Waals surface area contributed by atoms with E-state index in [1.165, 1.54) is 27.7 Å². The van der Waals surface area contributed by atoms with Crippen molar-refractivity contribution in [2.75, 3.05) is 12.3 Å². The number of thioether (sulfide) groups is 1. The second-order valence-corrected chi connectivity index (χ2v) is 5.34. The predicted octanol–water partition coefficient (Wildman–Crippen LogP) is 3.61. The van der Waals surface area contributed by atoms with E-state index < -0.39 is 0 Å². The van der Waals surface area contributed by atoms with E-state index in [-0.39, 0.29) is 0 Å². The average Bonchev–Trinajstić information content (AvgIpc) is 2.63. The van der Waals surface area contributed by atoms with Gasteiger partial charge in [0, 0.05) is 17.2 Å². The van der Waals surface area contributed by atoms with E-state index in [1.54, 1.807) is 11.3 Å². The highest BCUT2D eigenvalue weighted by molar-refractivity contribution is 8.14. The van der Waals surface area contributed by atoms with Gasteiger partial charge in [-0.25, -0.2) is 0 Å². The Balaban J connectivity index is 2.02. The van der Waals surface area contributed by atoms with Crippen LogP contribution in [-0.2, 0) is 0 Å². The van der Waals surface area contributed by atoms with Gasteiger partial charge in [0.05, 0.1) is 5.04 Å². The number of aryl methyl sites for hydroxylation is 1. The Morgan fingerprint density at radius 3 is 3.00 bits per heavy atom. The smallest absolute Gasteiger partial charge is 0.0904 e. The van der Waals surface area contributed by atoms with Crippen LogP contribution in [0.2, 0.25) is 0 Å². The van der Waals surface area contributed by atoms with Crippen LogP contribution < -0.4 is 0 Å². The van der Waals surface area contributed by atoms with E-state index in [4.69, 9.17) is 0 Å². The van der Waals surface area contributed by atoms with Gasteiger partial charge in [-0.15, -0.1) is 23.1 Å². The molecular formula is C11H13NS2. The molecule has 3 heteroatoms. The number of hydrogen-bond acceptors (Lipinski definition) is 3. The molecule has 0 aliphatic carbocycles. The van der Waals surface area contributed by atoms with Gasteiger partial charge in [-0.2, -0.15) is 0 Å². The Labute approximate surface area is 92.9 Å². The lowest BCUT2D eigenvalue weighted by molar-refractivity contribution is 0.940. The largest absolute Gasteiger partial charge is 0.278 e. The minimum Gasteiger partial charge on any atom is -0.278 e. The molecule has 2 heterocycles. The maximum atomic E-state index is 4.45. The van der Waals surface area contributed by atoms with Gasteiger partial charge in [-0.1, -0.05) is 0 Å². The molecule has 1 aliphatic heterocycles. The molecule has 0 bridgehead atoms. The number of nitrogens with zero attached hydrogens (tertiary/aromatic N) is 1. The fraction of sp³-hybridized carbons (Fsp3) is 0.364. The summed E-state index contributed by atoms with van der Waals surface area (Å²) in [6, 6.07) is 2.20. The minimum absolute atomic E-state index is 0.996. The van der Waals surface area contributed by atoms with Crippen LogP contribution in [0.4, 0.5) is 0 Å². The van der Waals surface area contributed by atoms with E-state index in [0.29, 0.717) is 0 Å². The fourth-order valence-corrected chi connectivity index (χ4v) is 2.89. The van der Waals surface area contributed by atoms with Crippen LogP contribution in [-0.4, -0.2) is 17.3 Å². The van der Waals surface area contributed by atoms with Gasteiger partial charge < -0.3 is 0 Å². The summed E-state index contributed by atoms with van der Waals surface area (Å²) in [4.78, 5) is 5.76. The molecule has 1 nitrogen and oxygen atoms in total. The van der Waals surface area contributed by atoms with Crippen molar-refractivity contribution in [3.63, 3.8) is 0 Å². The molecule has 0 spiro atoms. The van der Waals surface area contributed by atoms with E-state index in [1.807, 2.05) is 11.8 Å². The molecule has 2 rings (SSSR count). The molecule has 0 saturated heterocycles. The summed E-state index contributed by atoms with van der Waals surface area (Å²) in [5.41, 5.74) is 1.34. The zero-order valence-corrected chi connectivity index (χ0v) is 9.83. The number of aliphatic imine (C=N–C) groups is 1. The quantitative estimate of drug-likeness (QED) is 0.746. The molecular weight excluding hydrogens is 210 g/mol. The Hall–Kier alpha value is -0.540. The lowest BCUT2D eigenvalue weighted by atomic mass is 10.3. The van der Waals surface area contributed by atoms with Gasteiger partial charge >= 0.3 is 0 Å². The van der Waals surface area contributed by atoms with Crippen LogP contribution in [0.15, 0.2) is 22.5 Å². The molecule has 1 aliphatic rings. The Bertz CT molecular complexity index is 363. The highest BCUT2D eigenvalue weighted by Gasteiger charge is 2.01. The minimum atomic E-state index is 0.996. The van der Waals surface area contributed by atoms with Crippen LogP contribution in [0.1, 0.15) is 16.9 Å². The Morgan fingerprint density at radius 1 is 1.43 bits per heavy atom. The molecule has 74 valence electrons. The van der Waals surface area contributed by atoms with Crippen molar-refractivity contribution < 1.29 is 0 Å². The van der Waals surface area contributed by atoms with E-state index in [0.717, 1.165) is 6.54 Å². The highest BCUT2D eigenvalue weighted by Crippen LogP contribution is 2.18. The van der Waals surface area contributed by atoms with Crippen molar-refractivity contribution in [3.8, 4) is 0 Å². The summed E-state index contributed by atoms with van der Waals surface area (Å²) >= 11 is 3.64. The van der Waals surface area contributed by atoms with Crippen molar-refractivity contribution >= 4 is 34.2 Å². The van der Waals surface area contributed by atoms with Gasteiger partial charge in [0.2, 0.25) is 0 Å². The van der Waals surface area contributed by atoms with E-state index in [2.05, 4.69) is 35.5 Å². The zero-order valence-electron chi connectivity index (χ0n) is 8.19. The van der Waals surface area contributed by atoms with E-state index in [9.17, 15) is 0 Å². The van der Waals surface area contributed by atoms with Crippen LogP contribution in [0.25, 0.3) is 6.08 Å². The lowest BCUT2D eigenvalue weighted by Gasteiger charge is -2.06. The van der Waals surface area contributed by atoms with Gasteiger partial charge in [0.1, 0.15) is 0 Å². The maximum absolute atomic E-state index is 4.45. The SMILES string of the molecule is Cc1csc(/C=C/C2=NCCCS2)c1. The summed E-state index contributed by atoms with van der Waals surface area (Å²) in [6.07, 6.45) is 5.52. The molecule has 14 heavy (non-hydrogen) atoms. The molecule has 1 aromatic rings. The molecule has 0 aromatic carbocycles. The first-order valence-corrected chi connectivity index (χ1v) is 6.61. The summed E-state index contributed by atoms with van der Waals surface area (Å²) in [6.45, 7) is 3.12. The summed E-state index contributed by atoms with van der Waals surface area (Å²) < 4.78 is 0. The van der Waals surface area contributed by atoms with Gasteiger partial charge in [-0.3, -0.25) is 4.99 Å². The topological polar surface area (TPSA) is 12.4 Å². The molecule has 0 N–H and O–H groups in total. The molecule has 0 fully saturated rings. The third-order valence-corrected chi connectivity index (χ3v) is 4.03. The summed E-state index contributed by atoms with van der Waals surface area (Å²) in [7, 11) is 0. The average molecular weight is 223 g/mol. The Kier molecular flexibility index (Phi) is 3.43. The van der Waals surface area contributed by atoms with Crippen LogP contribution >= 0.6 is 23.1 Å². The molecule has 0 atom stereocenters. The summed E-state index contributed by atoms with van der Waals surface area (Å²) in [5, 5.41) is 3.36. The number of hydrogen-bond donors (Lipinski definition) is 0. The van der Waals surface area contributed by atoms with Crippen molar-refractivity contribution in [3.05, 3.63) is 28.0 Å².